The molecule has 0 saturated carbocycles. The van der Waals surface area contributed by atoms with Crippen molar-refractivity contribution in [2.45, 2.75) is 52.4 Å². The summed E-state index contributed by atoms with van der Waals surface area (Å²) in [4.78, 5) is 0. The minimum atomic E-state index is 0. The van der Waals surface area contributed by atoms with Crippen molar-refractivity contribution in [3.8, 4) is 0 Å². The molecule has 0 nitrogen and oxygen atoms in total. The fourth-order valence-corrected chi connectivity index (χ4v) is 0.854. The van der Waals surface area contributed by atoms with Crippen LogP contribution < -0.4 is 0 Å². The number of hydrogen-bond acceptors (Lipinski definition) is 0. The maximum absolute atomic E-state index is 2.26. The van der Waals surface area contributed by atoms with Crippen LogP contribution in [0.25, 0.3) is 0 Å². The molecule has 0 amide bonds. The van der Waals surface area contributed by atoms with Crippen molar-refractivity contribution in [3.63, 3.8) is 0 Å². The second-order valence-electron chi connectivity index (χ2n) is 2.41. The minimum absolute atomic E-state index is 0. The van der Waals surface area contributed by atoms with Crippen LogP contribution in [0, 0.1) is 0 Å². The molecule has 0 saturated heterocycles. The second kappa shape index (κ2) is 11.1. The van der Waals surface area contributed by atoms with Crippen LogP contribution in [-0.2, 0) is 0 Å². The molecule has 0 aromatic rings. The van der Waals surface area contributed by atoms with Gasteiger partial charge in [-0.1, -0.05) is 52.4 Å². The molecular formula is C8H18Si+4. The van der Waals surface area contributed by atoms with Crippen molar-refractivity contribution in [1.29, 1.82) is 0 Å². The predicted molar refractivity (Wildman–Crippen MR) is 44.8 cm³/mol. The van der Waals surface area contributed by atoms with Crippen LogP contribution in [0.2, 0.25) is 0 Å². The Bertz CT molecular complexity index is 29.5. The van der Waals surface area contributed by atoms with Gasteiger partial charge in [0.15, 0.2) is 0 Å². The van der Waals surface area contributed by atoms with Gasteiger partial charge < -0.3 is 0 Å². The van der Waals surface area contributed by atoms with Gasteiger partial charge in [-0.15, -0.1) is 0 Å². The van der Waals surface area contributed by atoms with E-state index in [-0.39, 0.29) is 11.0 Å². The summed E-state index contributed by atoms with van der Waals surface area (Å²) in [6.07, 6.45) is 8.49. The Balaban J connectivity index is 0. The molecule has 0 fully saturated rings. The zero-order chi connectivity index (χ0) is 6.24. The van der Waals surface area contributed by atoms with E-state index in [0.29, 0.717) is 0 Å². The standard InChI is InChI=1S/C8H18.Si/c1-3-5-7-8-6-4-2;/h3-8H2,1-2H3;/q;+4. The number of unbranched alkanes of at least 4 members (excludes halogenated alkanes) is 5. The third-order valence-corrected chi connectivity index (χ3v) is 1.46. The molecule has 0 aliphatic carbocycles. The topological polar surface area (TPSA) is 0 Å². The molecule has 0 unspecified atom stereocenters. The maximum Gasteiger partial charge on any atom is 4.00 e. The molecule has 0 aliphatic heterocycles. The summed E-state index contributed by atoms with van der Waals surface area (Å²) in [6.45, 7) is 4.51. The van der Waals surface area contributed by atoms with E-state index >= 15 is 0 Å². The Labute approximate surface area is 64.1 Å². The summed E-state index contributed by atoms with van der Waals surface area (Å²) in [5.74, 6) is 0. The van der Waals surface area contributed by atoms with Crippen molar-refractivity contribution >= 4 is 11.0 Å². The van der Waals surface area contributed by atoms with E-state index in [1.807, 2.05) is 0 Å². The molecule has 0 aromatic carbocycles. The largest absolute Gasteiger partial charge is 4.00 e. The van der Waals surface area contributed by atoms with Gasteiger partial charge in [0.05, 0.1) is 0 Å². The van der Waals surface area contributed by atoms with Crippen LogP contribution in [0.4, 0.5) is 0 Å². The van der Waals surface area contributed by atoms with Crippen molar-refractivity contribution in [2.24, 2.45) is 0 Å². The molecule has 0 N–H and O–H groups in total. The van der Waals surface area contributed by atoms with Crippen LogP contribution in [0.1, 0.15) is 52.4 Å². The third-order valence-electron chi connectivity index (χ3n) is 1.46. The first kappa shape index (κ1) is 11.9. The van der Waals surface area contributed by atoms with E-state index in [4.69, 9.17) is 0 Å². The van der Waals surface area contributed by atoms with Crippen molar-refractivity contribution in [2.75, 3.05) is 0 Å². The van der Waals surface area contributed by atoms with Gasteiger partial charge in [-0.2, -0.15) is 0 Å². The maximum atomic E-state index is 2.26. The summed E-state index contributed by atoms with van der Waals surface area (Å²) in [5.41, 5.74) is 0. The molecule has 50 valence electrons. The Hall–Kier alpha value is 0.217. The van der Waals surface area contributed by atoms with Gasteiger partial charge in [-0.3, -0.25) is 0 Å². The summed E-state index contributed by atoms with van der Waals surface area (Å²) in [6, 6.07) is 0. The Morgan fingerprint density at radius 2 is 1.00 bits per heavy atom. The van der Waals surface area contributed by atoms with Gasteiger partial charge in [0.2, 0.25) is 0 Å². The van der Waals surface area contributed by atoms with Crippen molar-refractivity contribution in [3.05, 3.63) is 0 Å². The van der Waals surface area contributed by atoms with Crippen LogP contribution in [0.5, 0.6) is 0 Å². The van der Waals surface area contributed by atoms with Gasteiger partial charge in [-0.05, 0) is 0 Å². The zero-order valence-electron chi connectivity index (χ0n) is 6.74. The van der Waals surface area contributed by atoms with Crippen LogP contribution in [0.3, 0.4) is 0 Å². The van der Waals surface area contributed by atoms with Crippen molar-refractivity contribution in [1.82, 2.24) is 0 Å². The van der Waals surface area contributed by atoms with Gasteiger partial charge in [0.25, 0.3) is 0 Å². The zero-order valence-corrected chi connectivity index (χ0v) is 7.74. The number of rotatable bonds is 5. The average Bonchev–Trinajstić information content (AvgIpc) is 1.81. The molecule has 0 bridgehead atoms. The molecule has 0 heterocycles. The average molecular weight is 142 g/mol. The van der Waals surface area contributed by atoms with Crippen LogP contribution in [0.15, 0.2) is 0 Å². The SMILES string of the molecule is CCCCCCCC.[Si+4]. The Morgan fingerprint density at radius 3 is 1.22 bits per heavy atom. The number of hydrogen-bond donors (Lipinski definition) is 0. The first-order valence-corrected chi connectivity index (χ1v) is 3.91. The monoisotopic (exact) mass is 142 g/mol. The fourth-order valence-electron chi connectivity index (χ4n) is 0.854. The Morgan fingerprint density at radius 1 is 0.667 bits per heavy atom. The molecule has 9 heavy (non-hydrogen) atoms. The van der Waals surface area contributed by atoms with Gasteiger partial charge in [0.1, 0.15) is 0 Å². The van der Waals surface area contributed by atoms with Gasteiger partial charge >= 0.3 is 11.0 Å². The molecule has 0 aromatic heterocycles. The molecule has 0 radical (unpaired) electrons. The fraction of sp³-hybridized carbons (Fsp3) is 1.00. The smallest absolute Gasteiger partial charge is 0.0654 e. The summed E-state index contributed by atoms with van der Waals surface area (Å²) in [7, 11) is 0. The molecule has 0 atom stereocenters. The Kier molecular flexibility index (Phi) is 14.7. The normalized spacial score (nSPS) is 8.67. The van der Waals surface area contributed by atoms with E-state index < -0.39 is 0 Å². The van der Waals surface area contributed by atoms with Gasteiger partial charge in [-0.25, -0.2) is 0 Å². The van der Waals surface area contributed by atoms with Crippen molar-refractivity contribution < 1.29 is 0 Å². The first-order valence-electron chi connectivity index (χ1n) is 3.91. The molecular weight excluding hydrogens is 124 g/mol. The van der Waals surface area contributed by atoms with Crippen LogP contribution >= 0.6 is 0 Å². The van der Waals surface area contributed by atoms with Crippen LogP contribution in [-0.4, -0.2) is 11.0 Å². The van der Waals surface area contributed by atoms with E-state index in [0.717, 1.165) is 0 Å². The molecule has 0 spiro atoms. The quantitative estimate of drug-likeness (QED) is 0.409. The third kappa shape index (κ3) is 11.7. The van der Waals surface area contributed by atoms with Gasteiger partial charge in [0, 0.05) is 0 Å². The van der Waals surface area contributed by atoms with E-state index in [9.17, 15) is 0 Å². The van der Waals surface area contributed by atoms with E-state index in [1.54, 1.807) is 0 Å². The summed E-state index contributed by atoms with van der Waals surface area (Å²) in [5, 5.41) is 0. The second-order valence-corrected chi connectivity index (χ2v) is 2.41. The summed E-state index contributed by atoms with van der Waals surface area (Å²) >= 11 is 0. The predicted octanol–water partition coefficient (Wildman–Crippen LogP) is 2.99. The minimum Gasteiger partial charge on any atom is -0.0654 e. The molecule has 1 heteroatoms. The summed E-state index contributed by atoms with van der Waals surface area (Å²) < 4.78 is 0. The van der Waals surface area contributed by atoms with E-state index in [1.165, 1.54) is 38.5 Å². The molecule has 0 rings (SSSR count). The first-order chi connectivity index (χ1) is 3.91. The van der Waals surface area contributed by atoms with E-state index in [2.05, 4.69) is 13.8 Å². The molecule has 0 aliphatic rings.